The number of aryl methyl sites for hydroxylation is 1. The van der Waals surface area contributed by atoms with Gasteiger partial charge in [-0.2, -0.15) is 13.2 Å². The van der Waals surface area contributed by atoms with Crippen molar-refractivity contribution in [3.8, 4) is 17.1 Å². The SMILES string of the molecule is Cc1c[c-]c(-c2cccc(C(C)(C)c3cccc(-n4[c-]cc(C(F)(F)F)n4)n3)n2)c(F)n1.[Pt+2]. The Morgan fingerprint density at radius 1 is 0.879 bits per heavy atom. The Morgan fingerprint density at radius 3 is 2.18 bits per heavy atom. The summed E-state index contributed by atoms with van der Waals surface area (Å²) in [4.78, 5) is 12.9. The summed E-state index contributed by atoms with van der Waals surface area (Å²) in [5, 5.41) is 3.52. The molecule has 0 aromatic carbocycles. The van der Waals surface area contributed by atoms with Gasteiger partial charge in [0.05, 0.1) is 11.5 Å². The molecule has 172 valence electrons. The molecule has 4 heterocycles. The third kappa shape index (κ3) is 5.03. The molecule has 4 aromatic rings. The molecule has 0 bridgehead atoms. The number of nitrogens with zero attached hydrogens (tertiary/aromatic N) is 5. The molecule has 0 aliphatic carbocycles. The number of aromatic nitrogens is 5. The number of hydrogen-bond acceptors (Lipinski definition) is 4. The van der Waals surface area contributed by atoms with Crippen LogP contribution in [0.3, 0.4) is 0 Å². The molecule has 5 nitrogen and oxygen atoms in total. The standard InChI is InChI=1S/C23H17F4N5.Pt/c1-14-10-11-15(21(24)28-14)16-6-4-7-17(29-16)22(2,3)18-8-5-9-20(30-18)32-13-12-19(31-32)23(25,26)27;/h4-10,12H,1-3H3;/q-2;+2. The molecule has 0 amide bonds. The Kier molecular flexibility index (Phi) is 6.84. The summed E-state index contributed by atoms with van der Waals surface area (Å²) in [6.45, 7) is 5.41. The van der Waals surface area contributed by atoms with Gasteiger partial charge in [-0.3, -0.25) is 10.1 Å². The summed E-state index contributed by atoms with van der Waals surface area (Å²) < 4.78 is 53.9. The average Bonchev–Trinajstić information content (AvgIpc) is 3.25. The molecule has 0 fully saturated rings. The van der Waals surface area contributed by atoms with E-state index in [9.17, 15) is 17.6 Å². The number of alkyl halides is 3. The largest absolute Gasteiger partial charge is 2.00 e. The first kappa shape index (κ1) is 24.7. The van der Waals surface area contributed by atoms with Gasteiger partial charge in [0.15, 0.2) is 0 Å². The van der Waals surface area contributed by atoms with E-state index in [0.29, 0.717) is 22.8 Å². The van der Waals surface area contributed by atoms with Crippen molar-refractivity contribution in [3.05, 3.63) is 89.5 Å². The molecule has 4 aromatic heterocycles. The van der Waals surface area contributed by atoms with Gasteiger partial charge in [-0.1, -0.05) is 42.9 Å². The van der Waals surface area contributed by atoms with E-state index in [2.05, 4.69) is 32.3 Å². The molecule has 10 heteroatoms. The van der Waals surface area contributed by atoms with Crippen molar-refractivity contribution < 1.29 is 38.6 Å². The molecular formula is C23H17F4N5Pt. The summed E-state index contributed by atoms with van der Waals surface area (Å²) in [7, 11) is 0. The van der Waals surface area contributed by atoms with Crippen LogP contribution in [0.1, 0.15) is 36.6 Å². The fourth-order valence-electron chi connectivity index (χ4n) is 3.15. The molecule has 0 aliphatic rings. The van der Waals surface area contributed by atoms with Gasteiger partial charge < -0.3 is 14.6 Å². The van der Waals surface area contributed by atoms with Crippen molar-refractivity contribution in [1.82, 2.24) is 24.7 Å². The van der Waals surface area contributed by atoms with Gasteiger partial charge in [-0.05, 0) is 37.4 Å². The van der Waals surface area contributed by atoms with Crippen LogP contribution in [0.25, 0.3) is 17.1 Å². The van der Waals surface area contributed by atoms with E-state index in [1.807, 2.05) is 13.8 Å². The minimum absolute atomic E-state index is 0. The molecule has 0 saturated heterocycles. The smallest absolute Gasteiger partial charge is 0.343 e. The molecule has 0 spiro atoms. The topological polar surface area (TPSA) is 56.5 Å². The van der Waals surface area contributed by atoms with E-state index < -0.39 is 23.2 Å². The van der Waals surface area contributed by atoms with Gasteiger partial charge >= 0.3 is 27.2 Å². The van der Waals surface area contributed by atoms with Crippen LogP contribution in [-0.2, 0) is 32.7 Å². The first-order valence-corrected chi connectivity index (χ1v) is 9.61. The van der Waals surface area contributed by atoms with Crippen LogP contribution in [0.4, 0.5) is 17.6 Å². The summed E-state index contributed by atoms with van der Waals surface area (Å²) in [6.07, 6.45) is -2.13. The first-order chi connectivity index (χ1) is 15.1. The third-order valence-corrected chi connectivity index (χ3v) is 4.97. The summed E-state index contributed by atoms with van der Waals surface area (Å²) in [5.41, 5.74) is 0.363. The molecule has 33 heavy (non-hydrogen) atoms. The van der Waals surface area contributed by atoms with Crippen molar-refractivity contribution in [3.63, 3.8) is 0 Å². The molecular weight excluding hydrogens is 617 g/mol. The first-order valence-electron chi connectivity index (χ1n) is 9.61. The Labute approximate surface area is 202 Å². The molecule has 0 N–H and O–H groups in total. The summed E-state index contributed by atoms with van der Waals surface area (Å²) in [5.74, 6) is -0.480. The van der Waals surface area contributed by atoms with Crippen LogP contribution in [0.15, 0.2) is 48.5 Å². The van der Waals surface area contributed by atoms with Crippen LogP contribution in [0, 0.1) is 25.1 Å². The Hall–Kier alpha value is -2.93. The zero-order valence-electron chi connectivity index (χ0n) is 17.7. The van der Waals surface area contributed by atoms with E-state index in [1.54, 1.807) is 43.3 Å². The van der Waals surface area contributed by atoms with Crippen molar-refractivity contribution >= 4 is 0 Å². The van der Waals surface area contributed by atoms with Gasteiger partial charge in [0.25, 0.3) is 0 Å². The Morgan fingerprint density at radius 2 is 1.55 bits per heavy atom. The van der Waals surface area contributed by atoms with E-state index >= 15 is 0 Å². The minimum Gasteiger partial charge on any atom is -0.343 e. The fraction of sp³-hybridized carbons (Fsp3) is 0.217. The van der Waals surface area contributed by atoms with Gasteiger partial charge in [0, 0.05) is 16.8 Å². The predicted octanol–water partition coefficient (Wildman–Crippen LogP) is 5.11. The Balaban J connectivity index is 0.00000306. The van der Waals surface area contributed by atoms with Gasteiger partial charge in [-0.15, -0.1) is 18.2 Å². The zero-order valence-corrected chi connectivity index (χ0v) is 20.0. The molecule has 0 saturated carbocycles. The maximum Gasteiger partial charge on any atom is 2.00 e. The van der Waals surface area contributed by atoms with E-state index in [4.69, 9.17) is 0 Å². The minimum atomic E-state index is -4.57. The van der Waals surface area contributed by atoms with Crippen molar-refractivity contribution in [2.24, 2.45) is 0 Å². The van der Waals surface area contributed by atoms with Crippen LogP contribution >= 0.6 is 0 Å². The van der Waals surface area contributed by atoms with Crippen LogP contribution in [0.5, 0.6) is 0 Å². The van der Waals surface area contributed by atoms with E-state index in [1.165, 1.54) is 6.07 Å². The molecule has 4 rings (SSSR count). The van der Waals surface area contributed by atoms with Crippen LogP contribution in [0.2, 0.25) is 0 Å². The number of rotatable bonds is 4. The van der Waals surface area contributed by atoms with Crippen molar-refractivity contribution in [1.29, 1.82) is 0 Å². The van der Waals surface area contributed by atoms with Gasteiger partial charge in [-0.25, -0.2) is 4.39 Å². The van der Waals surface area contributed by atoms with Gasteiger partial charge in [0.1, 0.15) is 5.95 Å². The van der Waals surface area contributed by atoms with Crippen LogP contribution < -0.4 is 0 Å². The van der Waals surface area contributed by atoms with E-state index in [-0.39, 0.29) is 32.4 Å². The van der Waals surface area contributed by atoms with Gasteiger partial charge in [0.2, 0.25) is 0 Å². The fourth-order valence-corrected chi connectivity index (χ4v) is 3.15. The second-order valence-electron chi connectivity index (χ2n) is 7.69. The third-order valence-electron chi connectivity index (χ3n) is 4.97. The zero-order chi connectivity index (χ0) is 23.1. The molecule has 0 aliphatic heterocycles. The Bertz CT molecular complexity index is 1280. The summed E-state index contributed by atoms with van der Waals surface area (Å²) >= 11 is 0. The average molecular weight is 634 g/mol. The molecule has 0 unspecified atom stereocenters. The number of pyridine rings is 3. The molecule has 0 atom stereocenters. The monoisotopic (exact) mass is 634 g/mol. The second-order valence-corrected chi connectivity index (χ2v) is 7.69. The maximum absolute atomic E-state index is 14.3. The van der Waals surface area contributed by atoms with Crippen LogP contribution in [-0.4, -0.2) is 24.7 Å². The maximum atomic E-state index is 14.3. The number of hydrogen-bond donors (Lipinski definition) is 0. The predicted molar refractivity (Wildman–Crippen MR) is 108 cm³/mol. The quantitative estimate of drug-likeness (QED) is 0.178. The summed E-state index contributed by atoms with van der Waals surface area (Å²) in [6, 6.07) is 15.3. The van der Waals surface area contributed by atoms with Crippen molar-refractivity contribution in [2.45, 2.75) is 32.4 Å². The van der Waals surface area contributed by atoms with E-state index in [0.717, 1.165) is 10.7 Å². The van der Waals surface area contributed by atoms with Crippen molar-refractivity contribution in [2.75, 3.05) is 0 Å². The normalized spacial score (nSPS) is 11.8. The second kappa shape index (κ2) is 9.14. The molecule has 0 radical (unpaired) electrons. The number of halogens is 4.